The lowest BCUT2D eigenvalue weighted by molar-refractivity contribution is -0.114. The van der Waals surface area contributed by atoms with Crippen LogP contribution in [0.15, 0.2) is 49.1 Å². The predicted molar refractivity (Wildman–Crippen MR) is 104 cm³/mol. The van der Waals surface area contributed by atoms with E-state index in [2.05, 4.69) is 33.7 Å². The zero-order valence-electron chi connectivity index (χ0n) is 14.7. The molecule has 3 rings (SSSR count). The van der Waals surface area contributed by atoms with E-state index in [4.69, 9.17) is 11.6 Å². The number of rotatable bonds is 6. The summed E-state index contributed by atoms with van der Waals surface area (Å²) in [7, 11) is 0. The number of nitrogens with zero attached hydrogens (tertiary/aromatic N) is 3. The van der Waals surface area contributed by atoms with Gasteiger partial charge in [-0.2, -0.15) is 5.10 Å². The molecule has 0 unspecified atom stereocenters. The molecule has 0 radical (unpaired) electrons. The fraction of sp³-hybridized carbons (Fsp3) is 0.211. The van der Waals surface area contributed by atoms with Gasteiger partial charge < -0.3 is 10.6 Å². The van der Waals surface area contributed by atoms with Crippen LogP contribution in [0, 0.1) is 6.92 Å². The number of anilines is 2. The lowest BCUT2D eigenvalue weighted by Gasteiger charge is -2.15. The first kappa shape index (κ1) is 17.9. The molecule has 0 fully saturated rings. The summed E-state index contributed by atoms with van der Waals surface area (Å²) < 4.78 is 1.58. The van der Waals surface area contributed by atoms with Gasteiger partial charge in [-0.15, -0.1) is 0 Å². The van der Waals surface area contributed by atoms with Gasteiger partial charge in [0.1, 0.15) is 12.7 Å². The zero-order chi connectivity index (χ0) is 18.5. The van der Waals surface area contributed by atoms with Crippen LogP contribution in [0.5, 0.6) is 0 Å². The third kappa shape index (κ3) is 4.03. The fourth-order valence-electron chi connectivity index (χ4n) is 2.78. The van der Waals surface area contributed by atoms with Crippen LogP contribution in [0.3, 0.4) is 0 Å². The molecule has 7 heteroatoms. The first-order valence-electron chi connectivity index (χ1n) is 8.35. The van der Waals surface area contributed by atoms with Crippen LogP contribution in [0.2, 0.25) is 5.02 Å². The lowest BCUT2D eigenvalue weighted by Crippen LogP contribution is -2.23. The summed E-state index contributed by atoms with van der Waals surface area (Å²) >= 11 is 6.08. The summed E-state index contributed by atoms with van der Waals surface area (Å²) in [6.07, 6.45) is 3.90. The summed E-state index contributed by atoms with van der Waals surface area (Å²) in [6, 6.07) is 11.3. The highest BCUT2D eigenvalue weighted by Crippen LogP contribution is 2.24. The Hall–Kier alpha value is -2.86. The number of nitrogens with one attached hydrogen (secondary N) is 2. The second-order valence-electron chi connectivity index (χ2n) is 5.87. The number of carbonyl (C=O) groups is 1. The molecule has 134 valence electrons. The van der Waals surface area contributed by atoms with E-state index in [9.17, 15) is 4.79 Å². The van der Waals surface area contributed by atoms with Gasteiger partial charge in [0.05, 0.1) is 17.9 Å². The Kier molecular flexibility index (Phi) is 5.53. The van der Waals surface area contributed by atoms with Crippen molar-refractivity contribution in [1.82, 2.24) is 14.8 Å². The van der Waals surface area contributed by atoms with E-state index < -0.39 is 0 Å². The van der Waals surface area contributed by atoms with Crippen LogP contribution in [-0.2, 0) is 11.2 Å². The Labute approximate surface area is 157 Å². The summed E-state index contributed by atoms with van der Waals surface area (Å²) in [4.78, 5) is 16.4. The highest BCUT2D eigenvalue weighted by atomic mass is 35.5. The van der Waals surface area contributed by atoms with E-state index in [1.807, 2.05) is 19.1 Å². The van der Waals surface area contributed by atoms with E-state index in [0.29, 0.717) is 16.4 Å². The maximum Gasteiger partial charge on any atom is 0.243 e. The van der Waals surface area contributed by atoms with Crippen LogP contribution in [-0.4, -0.2) is 27.2 Å². The molecule has 2 N–H and O–H groups in total. The van der Waals surface area contributed by atoms with Gasteiger partial charge in [-0.25, -0.2) is 9.67 Å². The van der Waals surface area contributed by atoms with Gasteiger partial charge in [-0.05, 0) is 42.7 Å². The minimum absolute atomic E-state index is 0.154. The van der Waals surface area contributed by atoms with Crippen molar-refractivity contribution in [3.63, 3.8) is 0 Å². The molecule has 0 saturated carbocycles. The van der Waals surface area contributed by atoms with Crippen LogP contribution >= 0.6 is 11.6 Å². The summed E-state index contributed by atoms with van der Waals surface area (Å²) in [5.41, 5.74) is 4.58. The maximum atomic E-state index is 12.5. The van der Waals surface area contributed by atoms with Crippen LogP contribution in [0.25, 0.3) is 5.69 Å². The lowest BCUT2D eigenvalue weighted by atomic mass is 10.1. The van der Waals surface area contributed by atoms with Gasteiger partial charge in [0.25, 0.3) is 0 Å². The molecule has 1 aromatic heterocycles. The smallest absolute Gasteiger partial charge is 0.243 e. The Balaban J connectivity index is 1.74. The zero-order valence-corrected chi connectivity index (χ0v) is 15.4. The van der Waals surface area contributed by atoms with Crippen LogP contribution in [0.1, 0.15) is 18.1 Å². The third-order valence-electron chi connectivity index (χ3n) is 4.06. The van der Waals surface area contributed by atoms with Crippen molar-refractivity contribution in [2.75, 3.05) is 17.2 Å². The van der Waals surface area contributed by atoms with E-state index >= 15 is 0 Å². The fourth-order valence-corrected chi connectivity index (χ4v) is 2.95. The van der Waals surface area contributed by atoms with Gasteiger partial charge in [0, 0.05) is 10.7 Å². The molecule has 0 aliphatic carbocycles. The van der Waals surface area contributed by atoms with Crippen molar-refractivity contribution >= 4 is 28.9 Å². The largest absolute Gasteiger partial charge is 0.376 e. The van der Waals surface area contributed by atoms with Crippen molar-refractivity contribution in [2.24, 2.45) is 0 Å². The van der Waals surface area contributed by atoms with Crippen molar-refractivity contribution in [1.29, 1.82) is 0 Å². The van der Waals surface area contributed by atoms with Crippen molar-refractivity contribution in [3.8, 4) is 5.69 Å². The van der Waals surface area contributed by atoms with Gasteiger partial charge in [0.2, 0.25) is 5.91 Å². The molecule has 6 nitrogen and oxygen atoms in total. The number of amides is 1. The molecule has 2 aromatic carbocycles. The molecule has 0 spiro atoms. The molecule has 1 heterocycles. The number of hydrogen-bond acceptors (Lipinski definition) is 4. The van der Waals surface area contributed by atoms with Crippen LogP contribution < -0.4 is 10.6 Å². The van der Waals surface area contributed by atoms with Gasteiger partial charge in [0.15, 0.2) is 0 Å². The SMILES string of the molecule is CCc1cccc(C)c1NCC(=O)Nc1cc(Cl)ccc1-n1cncn1. The topological polar surface area (TPSA) is 71.8 Å². The number of para-hydroxylation sites is 1. The highest BCUT2D eigenvalue weighted by molar-refractivity contribution is 6.31. The number of benzene rings is 2. The summed E-state index contributed by atoms with van der Waals surface area (Å²) in [6.45, 7) is 4.27. The maximum absolute atomic E-state index is 12.5. The molecule has 0 bridgehead atoms. The van der Waals surface area contributed by atoms with E-state index in [1.54, 1.807) is 29.2 Å². The molecule has 1 amide bonds. The number of halogens is 1. The molecule has 3 aromatic rings. The average molecular weight is 370 g/mol. The number of hydrogen-bond donors (Lipinski definition) is 2. The monoisotopic (exact) mass is 369 g/mol. The quantitative estimate of drug-likeness (QED) is 0.692. The average Bonchev–Trinajstić information content (AvgIpc) is 3.15. The van der Waals surface area contributed by atoms with Crippen molar-refractivity contribution in [2.45, 2.75) is 20.3 Å². The Morgan fingerprint density at radius 1 is 1.27 bits per heavy atom. The summed E-state index contributed by atoms with van der Waals surface area (Å²) in [5, 5.41) is 10.8. The second-order valence-corrected chi connectivity index (χ2v) is 6.30. The Bertz CT molecular complexity index is 908. The Morgan fingerprint density at radius 2 is 2.12 bits per heavy atom. The van der Waals surface area contributed by atoms with E-state index in [-0.39, 0.29) is 12.5 Å². The van der Waals surface area contributed by atoms with E-state index in [0.717, 1.165) is 17.7 Å². The number of carbonyl (C=O) groups excluding carboxylic acids is 1. The molecule has 0 atom stereocenters. The number of aromatic nitrogens is 3. The standard InChI is InChI=1S/C19H20ClN5O/c1-3-14-6-4-5-13(2)19(14)22-10-18(26)24-16-9-15(20)7-8-17(16)25-12-21-11-23-25/h4-9,11-12,22H,3,10H2,1-2H3,(H,24,26). The van der Waals surface area contributed by atoms with Crippen molar-refractivity contribution < 1.29 is 4.79 Å². The van der Waals surface area contributed by atoms with Gasteiger partial charge in [-0.1, -0.05) is 36.7 Å². The molecule has 0 aliphatic heterocycles. The molecular formula is C19H20ClN5O. The molecule has 0 saturated heterocycles. The molecule has 0 aliphatic rings. The Morgan fingerprint density at radius 3 is 2.85 bits per heavy atom. The minimum atomic E-state index is -0.168. The number of aryl methyl sites for hydroxylation is 2. The first-order valence-corrected chi connectivity index (χ1v) is 8.73. The highest BCUT2D eigenvalue weighted by Gasteiger charge is 2.11. The van der Waals surface area contributed by atoms with Crippen LogP contribution in [0.4, 0.5) is 11.4 Å². The second kappa shape index (κ2) is 8.01. The first-order chi connectivity index (χ1) is 12.6. The molecule has 26 heavy (non-hydrogen) atoms. The van der Waals surface area contributed by atoms with Gasteiger partial charge >= 0.3 is 0 Å². The predicted octanol–water partition coefficient (Wildman–Crippen LogP) is 3.84. The summed E-state index contributed by atoms with van der Waals surface area (Å²) in [5.74, 6) is -0.168. The normalized spacial score (nSPS) is 10.6. The minimum Gasteiger partial charge on any atom is -0.376 e. The molecular weight excluding hydrogens is 350 g/mol. The van der Waals surface area contributed by atoms with Crippen molar-refractivity contribution in [3.05, 3.63) is 65.2 Å². The third-order valence-corrected chi connectivity index (χ3v) is 4.30. The van der Waals surface area contributed by atoms with E-state index in [1.165, 1.54) is 11.9 Å². The van der Waals surface area contributed by atoms with Gasteiger partial charge in [-0.3, -0.25) is 4.79 Å².